The number of benzene rings is 5. The highest BCUT2D eigenvalue weighted by Crippen LogP contribution is 2.37. The van der Waals surface area contributed by atoms with Gasteiger partial charge in [0.1, 0.15) is 19.0 Å². The van der Waals surface area contributed by atoms with Crippen molar-refractivity contribution >= 4 is 38.8 Å². The van der Waals surface area contributed by atoms with Crippen molar-refractivity contribution in [3.8, 4) is 17.2 Å². The molecule has 0 saturated carbocycles. The molecule has 0 aromatic heterocycles. The third-order valence-electron chi connectivity index (χ3n) is 6.25. The maximum absolute atomic E-state index is 12.9. The maximum atomic E-state index is 12.9. The summed E-state index contributed by atoms with van der Waals surface area (Å²) < 4.78 is 18.4. The van der Waals surface area contributed by atoms with E-state index in [0.717, 1.165) is 27.5 Å². The summed E-state index contributed by atoms with van der Waals surface area (Å²) in [6.45, 7) is 0.739. The number of hydrazone groups is 1. The summed E-state index contributed by atoms with van der Waals surface area (Å²) in [7, 11) is 1.58. The van der Waals surface area contributed by atoms with Crippen LogP contribution in [-0.4, -0.2) is 19.2 Å². The zero-order chi connectivity index (χ0) is 27.7. The van der Waals surface area contributed by atoms with Crippen molar-refractivity contribution in [2.75, 3.05) is 7.11 Å². The van der Waals surface area contributed by atoms with Crippen molar-refractivity contribution in [1.29, 1.82) is 0 Å². The molecule has 1 N–H and O–H groups in total. The molecule has 0 unspecified atom stereocenters. The van der Waals surface area contributed by atoms with Gasteiger partial charge in [0.05, 0.1) is 23.4 Å². The van der Waals surface area contributed by atoms with Crippen LogP contribution in [-0.2, 0) is 13.2 Å². The number of para-hydroxylation sites is 1. The molecular weight excluding hydrogens is 568 g/mol. The Morgan fingerprint density at radius 2 is 1.57 bits per heavy atom. The van der Waals surface area contributed by atoms with E-state index in [1.54, 1.807) is 37.6 Å². The van der Waals surface area contributed by atoms with Crippen LogP contribution in [0, 0.1) is 0 Å². The molecule has 200 valence electrons. The molecule has 0 aliphatic carbocycles. The Kier molecular flexibility index (Phi) is 8.73. The average molecular weight is 595 g/mol. The Labute approximate surface area is 241 Å². The zero-order valence-corrected chi connectivity index (χ0v) is 23.4. The Morgan fingerprint density at radius 1 is 0.825 bits per heavy atom. The molecule has 5 aromatic rings. The zero-order valence-electron chi connectivity index (χ0n) is 21.8. The van der Waals surface area contributed by atoms with E-state index in [0.29, 0.717) is 40.5 Å². The first-order chi connectivity index (χ1) is 19.6. The maximum Gasteiger partial charge on any atom is 0.275 e. The summed E-state index contributed by atoms with van der Waals surface area (Å²) in [5.41, 5.74) is 5.79. The Hall–Kier alpha value is -4.62. The molecule has 0 radical (unpaired) electrons. The second-order valence-corrected chi connectivity index (χ2v) is 9.78. The van der Waals surface area contributed by atoms with Crippen LogP contribution in [0.1, 0.15) is 27.0 Å². The van der Waals surface area contributed by atoms with Crippen molar-refractivity contribution in [3.63, 3.8) is 0 Å². The molecule has 0 atom stereocenters. The van der Waals surface area contributed by atoms with Gasteiger partial charge in [-0.1, -0.05) is 84.9 Å². The van der Waals surface area contributed by atoms with Crippen LogP contribution in [0.4, 0.5) is 0 Å². The van der Waals surface area contributed by atoms with Gasteiger partial charge in [-0.15, -0.1) is 0 Å². The van der Waals surface area contributed by atoms with Gasteiger partial charge in [-0.05, 0) is 67.7 Å². The predicted molar refractivity (Wildman–Crippen MR) is 161 cm³/mol. The van der Waals surface area contributed by atoms with Gasteiger partial charge >= 0.3 is 0 Å². The van der Waals surface area contributed by atoms with Gasteiger partial charge < -0.3 is 14.2 Å². The number of fused-ring (bicyclic) bond motifs is 1. The normalized spacial score (nSPS) is 10.9. The first kappa shape index (κ1) is 27.0. The van der Waals surface area contributed by atoms with Crippen LogP contribution >= 0.6 is 15.9 Å². The molecule has 5 rings (SSSR count). The summed E-state index contributed by atoms with van der Waals surface area (Å²) >= 11 is 3.60. The fraction of sp³-hybridized carbons (Fsp3) is 0.0909. The third kappa shape index (κ3) is 6.50. The molecule has 0 bridgehead atoms. The monoisotopic (exact) mass is 594 g/mol. The fourth-order valence-electron chi connectivity index (χ4n) is 4.26. The number of carbonyl (C=O) groups is 1. The summed E-state index contributed by atoms with van der Waals surface area (Å²) in [5.74, 6) is 1.24. The Bertz CT molecular complexity index is 1650. The lowest BCUT2D eigenvalue weighted by molar-refractivity contribution is 0.0950. The van der Waals surface area contributed by atoms with Gasteiger partial charge in [-0.2, -0.15) is 5.10 Å². The predicted octanol–water partition coefficient (Wildman–Crippen LogP) is 7.53. The molecule has 0 heterocycles. The second kappa shape index (κ2) is 13.0. The van der Waals surface area contributed by atoms with Crippen LogP contribution in [0.3, 0.4) is 0 Å². The first-order valence-corrected chi connectivity index (χ1v) is 13.5. The van der Waals surface area contributed by atoms with Crippen molar-refractivity contribution in [2.24, 2.45) is 5.10 Å². The van der Waals surface area contributed by atoms with E-state index in [4.69, 9.17) is 14.2 Å². The molecule has 0 aliphatic rings. The third-order valence-corrected chi connectivity index (χ3v) is 6.84. The Balaban J connectivity index is 1.25. The molecule has 0 aliphatic heterocycles. The summed E-state index contributed by atoms with van der Waals surface area (Å²) in [6.07, 6.45) is 1.55. The van der Waals surface area contributed by atoms with Crippen LogP contribution in [0.25, 0.3) is 10.8 Å². The highest BCUT2D eigenvalue weighted by Gasteiger charge is 2.14. The van der Waals surface area contributed by atoms with Gasteiger partial charge in [-0.3, -0.25) is 4.79 Å². The number of amides is 1. The minimum absolute atomic E-state index is 0.358. The minimum Gasteiger partial charge on any atom is -0.493 e. The molecule has 6 nitrogen and oxygen atoms in total. The number of hydrogen-bond acceptors (Lipinski definition) is 5. The van der Waals surface area contributed by atoms with E-state index in [2.05, 4.69) is 50.7 Å². The van der Waals surface area contributed by atoms with E-state index in [-0.39, 0.29) is 5.91 Å². The van der Waals surface area contributed by atoms with Crippen molar-refractivity contribution < 1.29 is 19.0 Å². The van der Waals surface area contributed by atoms with E-state index in [9.17, 15) is 4.79 Å². The average Bonchev–Trinajstić information content (AvgIpc) is 3.00. The number of nitrogens with one attached hydrogen (secondary N) is 1. The molecule has 7 heteroatoms. The van der Waals surface area contributed by atoms with Gasteiger partial charge in [0.2, 0.25) is 0 Å². The van der Waals surface area contributed by atoms with E-state index in [1.165, 1.54) is 0 Å². The number of halogens is 1. The van der Waals surface area contributed by atoms with Crippen molar-refractivity contribution in [2.45, 2.75) is 13.2 Å². The number of rotatable bonds is 10. The van der Waals surface area contributed by atoms with Gasteiger partial charge in [-0.25, -0.2) is 5.43 Å². The van der Waals surface area contributed by atoms with E-state index >= 15 is 0 Å². The number of hydrogen-bond donors (Lipinski definition) is 1. The summed E-state index contributed by atoms with van der Waals surface area (Å²) in [5, 5.41) is 6.46. The van der Waals surface area contributed by atoms with Crippen LogP contribution in [0.2, 0.25) is 0 Å². The van der Waals surface area contributed by atoms with Crippen molar-refractivity contribution in [1.82, 2.24) is 5.43 Å². The molecule has 0 saturated heterocycles. The molecule has 0 spiro atoms. The lowest BCUT2D eigenvalue weighted by atomic mass is 10.1. The second-order valence-electron chi connectivity index (χ2n) is 8.93. The first-order valence-electron chi connectivity index (χ1n) is 12.7. The van der Waals surface area contributed by atoms with E-state index < -0.39 is 0 Å². The number of ether oxygens (including phenoxy) is 3. The minimum atomic E-state index is -0.374. The summed E-state index contributed by atoms with van der Waals surface area (Å²) in [4.78, 5) is 12.9. The quantitative estimate of drug-likeness (QED) is 0.134. The molecule has 0 fully saturated rings. The fourth-order valence-corrected chi connectivity index (χ4v) is 4.84. The summed E-state index contributed by atoms with van der Waals surface area (Å²) in [6, 6.07) is 34.9. The highest BCUT2D eigenvalue weighted by atomic mass is 79.9. The Morgan fingerprint density at radius 3 is 2.42 bits per heavy atom. The van der Waals surface area contributed by atoms with Gasteiger partial charge in [0.15, 0.2) is 11.5 Å². The highest BCUT2D eigenvalue weighted by molar-refractivity contribution is 9.10. The van der Waals surface area contributed by atoms with Crippen LogP contribution in [0.15, 0.2) is 119 Å². The van der Waals surface area contributed by atoms with E-state index in [1.807, 2.05) is 60.7 Å². The topological polar surface area (TPSA) is 69.2 Å². The van der Waals surface area contributed by atoms with Crippen molar-refractivity contribution in [3.05, 3.63) is 136 Å². The molecule has 1 amide bonds. The van der Waals surface area contributed by atoms with Gasteiger partial charge in [0.25, 0.3) is 5.91 Å². The largest absolute Gasteiger partial charge is 0.493 e. The SMILES string of the molecule is COc1cc(/C=N/NC(=O)c2ccccc2OCc2ccccc2)cc(Br)c1OCc1cccc2ccccc12. The molecule has 40 heavy (non-hydrogen) atoms. The van der Waals surface area contributed by atoms with Crippen LogP contribution < -0.4 is 19.6 Å². The number of nitrogens with zero attached hydrogens (tertiary/aromatic N) is 1. The number of carbonyl (C=O) groups excluding carboxylic acids is 1. The standard InChI is InChI=1S/C33H27BrN2O4/c1-38-31-19-24(18-29(34)32(31)40-22-26-14-9-13-25-12-5-6-15-27(25)26)20-35-36-33(37)28-16-7-8-17-30(28)39-21-23-10-3-2-4-11-23/h2-20H,21-22H2,1H3,(H,36,37)/b35-20+. The molecule has 5 aromatic carbocycles. The molecular formula is C33H27BrN2O4. The lowest BCUT2D eigenvalue weighted by Gasteiger charge is -2.14. The van der Waals surface area contributed by atoms with Crippen LogP contribution in [0.5, 0.6) is 17.2 Å². The number of methoxy groups -OCH3 is 1. The van der Waals surface area contributed by atoms with Gasteiger partial charge in [0, 0.05) is 0 Å². The smallest absolute Gasteiger partial charge is 0.275 e. The lowest BCUT2D eigenvalue weighted by Crippen LogP contribution is -2.18.